The van der Waals surface area contributed by atoms with Crippen molar-refractivity contribution in [2.45, 2.75) is 33.7 Å². The van der Waals surface area contributed by atoms with E-state index in [0.717, 1.165) is 13.0 Å². The van der Waals surface area contributed by atoms with E-state index in [2.05, 4.69) is 55.7 Å². The Hall–Kier alpha value is -1.28. The first-order valence-electron chi connectivity index (χ1n) is 6.07. The summed E-state index contributed by atoms with van der Waals surface area (Å²) in [7, 11) is 0. The first-order valence-corrected chi connectivity index (χ1v) is 6.95. The van der Waals surface area contributed by atoms with E-state index < -0.39 is 0 Å². The molecule has 0 radical (unpaired) electrons. The van der Waals surface area contributed by atoms with Gasteiger partial charge in [-0.25, -0.2) is 0 Å². The molecule has 1 aromatic carbocycles. The third kappa shape index (κ3) is 2.89. The van der Waals surface area contributed by atoms with E-state index in [9.17, 15) is 0 Å². The van der Waals surface area contributed by atoms with E-state index in [-0.39, 0.29) is 0 Å². The maximum Gasteiger partial charge on any atom is 0.0496 e. The second kappa shape index (κ2) is 5.37. The zero-order chi connectivity index (χ0) is 12.3. The van der Waals surface area contributed by atoms with E-state index in [0.29, 0.717) is 0 Å². The normalized spacial score (nSPS) is 10.5. The molecule has 0 saturated heterocycles. The number of aryl methyl sites for hydroxylation is 3. The summed E-state index contributed by atoms with van der Waals surface area (Å²) in [5.74, 6) is 0. The van der Waals surface area contributed by atoms with Crippen LogP contribution >= 0.6 is 11.3 Å². The van der Waals surface area contributed by atoms with Gasteiger partial charge in [-0.05, 0) is 60.5 Å². The van der Waals surface area contributed by atoms with Crippen LogP contribution in [0.15, 0.2) is 29.6 Å². The highest BCUT2D eigenvalue weighted by Crippen LogP contribution is 2.19. The summed E-state index contributed by atoms with van der Waals surface area (Å²) in [6.07, 6.45) is 1.11. The maximum atomic E-state index is 3.49. The lowest BCUT2D eigenvalue weighted by Gasteiger charge is -2.09. The summed E-state index contributed by atoms with van der Waals surface area (Å²) in [6.45, 7) is 7.47. The summed E-state index contributed by atoms with van der Waals surface area (Å²) < 4.78 is 0. The number of benzene rings is 1. The lowest BCUT2D eigenvalue weighted by atomic mass is 10.1. The average Bonchev–Trinajstić information content (AvgIpc) is 2.72. The molecular formula is C15H19NS. The van der Waals surface area contributed by atoms with Gasteiger partial charge in [-0.2, -0.15) is 0 Å². The standard InChI is InChI=1S/C15H19NS/c1-4-13-5-6-14(9-12(13)3)16-10-15-11(2)7-8-17-15/h5-9,16H,4,10H2,1-3H3. The fourth-order valence-corrected chi connectivity index (χ4v) is 2.82. The van der Waals surface area contributed by atoms with Gasteiger partial charge in [0.05, 0.1) is 0 Å². The van der Waals surface area contributed by atoms with Crippen LogP contribution in [0.4, 0.5) is 5.69 Å². The lowest BCUT2D eigenvalue weighted by molar-refractivity contribution is 1.10. The number of thiophene rings is 1. The Kier molecular flexibility index (Phi) is 3.85. The highest BCUT2D eigenvalue weighted by atomic mass is 32.1. The number of hydrogen-bond acceptors (Lipinski definition) is 2. The van der Waals surface area contributed by atoms with Crippen molar-refractivity contribution in [3.05, 3.63) is 51.2 Å². The first-order chi connectivity index (χ1) is 8.20. The molecule has 0 saturated carbocycles. The smallest absolute Gasteiger partial charge is 0.0496 e. The van der Waals surface area contributed by atoms with E-state index in [1.54, 1.807) is 0 Å². The number of rotatable bonds is 4. The SMILES string of the molecule is CCc1ccc(NCc2sccc2C)cc1C. The molecule has 1 nitrogen and oxygen atoms in total. The van der Waals surface area contributed by atoms with Crippen LogP contribution in [-0.2, 0) is 13.0 Å². The summed E-state index contributed by atoms with van der Waals surface area (Å²) in [6, 6.07) is 8.81. The van der Waals surface area contributed by atoms with Gasteiger partial charge in [-0.1, -0.05) is 13.0 Å². The van der Waals surface area contributed by atoms with E-state index >= 15 is 0 Å². The summed E-state index contributed by atoms with van der Waals surface area (Å²) in [5, 5.41) is 5.64. The fraction of sp³-hybridized carbons (Fsp3) is 0.333. The zero-order valence-corrected chi connectivity index (χ0v) is 11.5. The molecule has 17 heavy (non-hydrogen) atoms. The van der Waals surface area contributed by atoms with Crippen LogP contribution in [0.1, 0.15) is 28.5 Å². The molecule has 0 bridgehead atoms. The molecule has 2 aromatic rings. The van der Waals surface area contributed by atoms with Gasteiger partial charge in [0, 0.05) is 17.1 Å². The van der Waals surface area contributed by atoms with Crippen LogP contribution in [0.2, 0.25) is 0 Å². The summed E-state index contributed by atoms with van der Waals surface area (Å²) in [4.78, 5) is 1.42. The Morgan fingerprint density at radius 1 is 1.12 bits per heavy atom. The van der Waals surface area contributed by atoms with Crippen molar-refractivity contribution in [1.82, 2.24) is 0 Å². The van der Waals surface area contributed by atoms with Gasteiger partial charge in [0.2, 0.25) is 0 Å². The zero-order valence-electron chi connectivity index (χ0n) is 10.7. The molecule has 2 heteroatoms. The molecule has 0 spiro atoms. The quantitative estimate of drug-likeness (QED) is 0.834. The largest absolute Gasteiger partial charge is 0.380 e. The number of anilines is 1. The van der Waals surface area contributed by atoms with Crippen LogP contribution < -0.4 is 5.32 Å². The predicted octanol–water partition coefficient (Wildman–Crippen LogP) is 4.54. The van der Waals surface area contributed by atoms with Gasteiger partial charge in [-0.3, -0.25) is 0 Å². The Bertz CT molecular complexity index is 499. The Morgan fingerprint density at radius 2 is 1.94 bits per heavy atom. The molecule has 1 N–H and O–H groups in total. The van der Waals surface area contributed by atoms with Crippen molar-refractivity contribution < 1.29 is 0 Å². The first kappa shape index (κ1) is 12.2. The van der Waals surface area contributed by atoms with Crippen molar-refractivity contribution in [2.24, 2.45) is 0 Å². The van der Waals surface area contributed by atoms with E-state index in [4.69, 9.17) is 0 Å². The Labute approximate surface area is 108 Å². The molecule has 0 fully saturated rings. The van der Waals surface area contributed by atoms with Gasteiger partial charge in [0.15, 0.2) is 0 Å². The molecule has 1 heterocycles. The molecule has 0 atom stereocenters. The molecule has 0 amide bonds. The van der Waals surface area contributed by atoms with Crippen LogP contribution in [0, 0.1) is 13.8 Å². The minimum atomic E-state index is 0.925. The average molecular weight is 245 g/mol. The van der Waals surface area contributed by atoms with Crippen LogP contribution in [0.5, 0.6) is 0 Å². The summed E-state index contributed by atoms with van der Waals surface area (Å²) in [5.41, 5.74) is 5.40. The second-order valence-electron chi connectivity index (χ2n) is 4.38. The van der Waals surface area contributed by atoms with Crippen molar-refractivity contribution in [3.63, 3.8) is 0 Å². The molecule has 0 aliphatic heterocycles. The third-order valence-corrected chi connectivity index (χ3v) is 4.17. The highest BCUT2D eigenvalue weighted by molar-refractivity contribution is 7.10. The summed E-state index contributed by atoms with van der Waals surface area (Å²) >= 11 is 1.82. The molecule has 1 aromatic heterocycles. The predicted molar refractivity (Wildman–Crippen MR) is 76.9 cm³/mol. The van der Waals surface area contributed by atoms with Gasteiger partial charge in [0.25, 0.3) is 0 Å². The molecule has 90 valence electrons. The number of nitrogens with one attached hydrogen (secondary N) is 1. The van der Waals surface area contributed by atoms with Crippen molar-refractivity contribution in [3.8, 4) is 0 Å². The third-order valence-electron chi connectivity index (χ3n) is 3.14. The van der Waals surface area contributed by atoms with Crippen molar-refractivity contribution >= 4 is 17.0 Å². The van der Waals surface area contributed by atoms with Crippen LogP contribution in [0.25, 0.3) is 0 Å². The van der Waals surface area contributed by atoms with Crippen LogP contribution in [0.3, 0.4) is 0 Å². The van der Waals surface area contributed by atoms with Gasteiger partial charge >= 0.3 is 0 Å². The minimum Gasteiger partial charge on any atom is -0.380 e. The molecule has 0 unspecified atom stereocenters. The minimum absolute atomic E-state index is 0.925. The van der Waals surface area contributed by atoms with E-state index in [1.165, 1.54) is 27.3 Å². The maximum absolute atomic E-state index is 3.49. The molecular weight excluding hydrogens is 226 g/mol. The van der Waals surface area contributed by atoms with Crippen LogP contribution in [-0.4, -0.2) is 0 Å². The van der Waals surface area contributed by atoms with Gasteiger partial charge in [-0.15, -0.1) is 11.3 Å². The molecule has 0 aliphatic rings. The monoisotopic (exact) mass is 245 g/mol. The fourth-order valence-electron chi connectivity index (χ4n) is 1.97. The Balaban J connectivity index is 2.05. The highest BCUT2D eigenvalue weighted by Gasteiger charge is 2.01. The second-order valence-corrected chi connectivity index (χ2v) is 5.38. The van der Waals surface area contributed by atoms with Crippen molar-refractivity contribution in [2.75, 3.05) is 5.32 Å². The van der Waals surface area contributed by atoms with Gasteiger partial charge in [0.1, 0.15) is 0 Å². The topological polar surface area (TPSA) is 12.0 Å². The molecule has 0 aliphatic carbocycles. The Morgan fingerprint density at radius 3 is 2.53 bits per heavy atom. The van der Waals surface area contributed by atoms with Crippen molar-refractivity contribution in [1.29, 1.82) is 0 Å². The van der Waals surface area contributed by atoms with Gasteiger partial charge < -0.3 is 5.32 Å². The lowest BCUT2D eigenvalue weighted by Crippen LogP contribution is -1.99. The van der Waals surface area contributed by atoms with E-state index in [1.807, 2.05) is 11.3 Å². The molecule has 2 rings (SSSR count). The number of hydrogen-bond donors (Lipinski definition) is 1.